The van der Waals surface area contributed by atoms with Crippen LogP contribution in [-0.2, 0) is 17.9 Å². The number of carbonyl (C=O) groups is 1. The van der Waals surface area contributed by atoms with Crippen molar-refractivity contribution in [3.05, 3.63) is 17.0 Å². The summed E-state index contributed by atoms with van der Waals surface area (Å²) in [5, 5.41) is 10.8. The van der Waals surface area contributed by atoms with E-state index in [2.05, 4.69) is 15.7 Å². The smallest absolute Gasteiger partial charge is 0.241 e. The number of hydrogen-bond acceptors (Lipinski definition) is 3. The van der Waals surface area contributed by atoms with Crippen LogP contribution in [0.2, 0.25) is 0 Å². The minimum atomic E-state index is 0.0820. The first-order valence-electron chi connectivity index (χ1n) is 7.58. The summed E-state index contributed by atoms with van der Waals surface area (Å²) in [5.41, 5.74) is 3.27. The topological polar surface area (TPSA) is 59.0 Å². The van der Waals surface area contributed by atoms with E-state index in [1.165, 1.54) is 24.8 Å². The second-order valence-corrected chi connectivity index (χ2v) is 5.74. The molecule has 5 nitrogen and oxygen atoms in total. The average molecular weight is 278 g/mol. The Morgan fingerprint density at radius 1 is 1.30 bits per heavy atom. The van der Waals surface area contributed by atoms with Gasteiger partial charge in [0.15, 0.2) is 0 Å². The molecule has 2 N–H and O–H groups in total. The Balaban J connectivity index is 1.95. The molecule has 0 spiro atoms. The number of carbonyl (C=O) groups excluding carboxylic acids is 1. The van der Waals surface area contributed by atoms with Crippen molar-refractivity contribution < 1.29 is 4.79 Å². The number of aryl methyl sites for hydroxylation is 1. The van der Waals surface area contributed by atoms with Crippen LogP contribution < -0.4 is 10.6 Å². The highest BCUT2D eigenvalue weighted by atomic mass is 16.2. The lowest BCUT2D eigenvalue weighted by Gasteiger charge is -2.22. The summed E-state index contributed by atoms with van der Waals surface area (Å²) >= 11 is 0. The van der Waals surface area contributed by atoms with Gasteiger partial charge >= 0.3 is 0 Å². The predicted octanol–water partition coefficient (Wildman–Crippen LogP) is 1.67. The molecular weight excluding hydrogens is 252 g/mol. The number of hydrogen-bond donors (Lipinski definition) is 2. The van der Waals surface area contributed by atoms with Gasteiger partial charge < -0.3 is 10.6 Å². The first kappa shape index (κ1) is 15.0. The molecule has 1 fully saturated rings. The van der Waals surface area contributed by atoms with E-state index in [1.807, 2.05) is 25.6 Å². The third kappa shape index (κ3) is 3.60. The van der Waals surface area contributed by atoms with Crippen LogP contribution in [0.25, 0.3) is 0 Å². The van der Waals surface area contributed by atoms with Gasteiger partial charge in [0.2, 0.25) is 5.91 Å². The van der Waals surface area contributed by atoms with E-state index in [0.29, 0.717) is 12.6 Å². The molecule has 1 amide bonds. The van der Waals surface area contributed by atoms with E-state index in [0.717, 1.165) is 30.8 Å². The zero-order chi connectivity index (χ0) is 14.5. The second-order valence-electron chi connectivity index (χ2n) is 5.74. The van der Waals surface area contributed by atoms with Crippen molar-refractivity contribution in [1.82, 2.24) is 20.4 Å². The highest BCUT2D eigenvalue weighted by Gasteiger charge is 2.17. The quantitative estimate of drug-likeness (QED) is 0.861. The van der Waals surface area contributed by atoms with Crippen molar-refractivity contribution >= 4 is 5.91 Å². The molecular formula is C15H26N4O. The van der Waals surface area contributed by atoms with Crippen molar-refractivity contribution in [2.24, 2.45) is 0 Å². The van der Waals surface area contributed by atoms with Gasteiger partial charge in [0, 0.05) is 23.8 Å². The SMILES string of the molecule is CNCc1c(C)nn(CC(=O)NC2CCCCC2)c1C. The molecule has 1 aliphatic rings. The van der Waals surface area contributed by atoms with Crippen LogP contribution in [-0.4, -0.2) is 28.8 Å². The highest BCUT2D eigenvalue weighted by Crippen LogP contribution is 2.17. The molecule has 0 saturated heterocycles. The zero-order valence-corrected chi connectivity index (χ0v) is 12.8. The Bertz CT molecular complexity index is 461. The van der Waals surface area contributed by atoms with Crippen LogP contribution in [0.1, 0.15) is 49.1 Å². The summed E-state index contributed by atoms with van der Waals surface area (Å²) in [7, 11) is 1.92. The van der Waals surface area contributed by atoms with Crippen molar-refractivity contribution in [3.8, 4) is 0 Å². The van der Waals surface area contributed by atoms with E-state index in [9.17, 15) is 4.79 Å². The van der Waals surface area contributed by atoms with E-state index in [1.54, 1.807) is 0 Å². The largest absolute Gasteiger partial charge is 0.352 e. The fourth-order valence-electron chi connectivity index (χ4n) is 2.98. The van der Waals surface area contributed by atoms with E-state index < -0.39 is 0 Å². The van der Waals surface area contributed by atoms with E-state index in [-0.39, 0.29) is 5.91 Å². The first-order valence-corrected chi connectivity index (χ1v) is 7.58. The van der Waals surface area contributed by atoms with E-state index in [4.69, 9.17) is 0 Å². The van der Waals surface area contributed by atoms with Crippen LogP contribution in [0.4, 0.5) is 0 Å². The lowest BCUT2D eigenvalue weighted by molar-refractivity contribution is -0.122. The predicted molar refractivity (Wildman–Crippen MR) is 79.5 cm³/mol. The first-order chi connectivity index (χ1) is 9.61. The number of nitrogens with zero attached hydrogens (tertiary/aromatic N) is 2. The maximum absolute atomic E-state index is 12.1. The standard InChI is InChI=1S/C15H26N4O/c1-11-14(9-16-3)12(2)19(18-11)10-15(20)17-13-7-5-4-6-8-13/h13,16H,4-10H2,1-3H3,(H,17,20). The average Bonchev–Trinajstić information content (AvgIpc) is 2.68. The van der Waals surface area contributed by atoms with Crippen LogP contribution >= 0.6 is 0 Å². The van der Waals surface area contributed by atoms with Gasteiger partial charge in [0.25, 0.3) is 0 Å². The Labute approximate surface area is 121 Å². The molecule has 2 rings (SSSR count). The van der Waals surface area contributed by atoms with Gasteiger partial charge in [0.1, 0.15) is 6.54 Å². The fraction of sp³-hybridized carbons (Fsp3) is 0.733. The normalized spacial score (nSPS) is 16.4. The number of nitrogens with one attached hydrogen (secondary N) is 2. The zero-order valence-electron chi connectivity index (χ0n) is 12.8. The molecule has 112 valence electrons. The Morgan fingerprint density at radius 2 is 2.00 bits per heavy atom. The van der Waals surface area contributed by atoms with Gasteiger partial charge in [-0.25, -0.2) is 0 Å². The summed E-state index contributed by atoms with van der Waals surface area (Å²) in [6.07, 6.45) is 6.01. The van der Waals surface area contributed by atoms with Crippen molar-refractivity contribution in [2.75, 3.05) is 7.05 Å². The van der Waals surface area contributed by atoms with Crippen LogP contribution in [0.5, 0.6) is 0 Å². The maximum Gasteiger partial charge on any atom is 0.241 e. The van der Waals surface area contributed by atoms with Gasteiger partial charge in [-0.1, -0.05) is 19.3 Å². The third-order valence-corrected chi connectivity index (χ3v) is 4.15. The van der Waals surface area contributed by atoms with Gasteiger partial charge in [0.05, 0.1) is 5.69 Å². The third-order valence-electron chi connectivity index (χ3n) is 4.15. The molecule has 0 atom stereocenters. The van der Waals surface area contributed by atoms with E-state index >= 15 is 0 Å². The van der Waals surface area contributed by atoms with Crippen molar-refractivity contribution in [2.45, 2.75) is 65.1 Å². The number of aromatic nitrogens is 2. The molecule has 1 aliphatic carbocycles. The molecule has 1 aromatic rings. The maximum atomic E-state index is 12.1. The molecule has 0 bridgehead atoms. The summed E-state index contributed by atoms with van der Waals surface area (Å²) < 4.78 is 1.82. The molecule has 1 saturated carbocycles. The van der Waals surface area contributed by atoms with Crippen molar-refractivity contribution in [3.63, 3.8) is 0 Å². The molecule has 0 aromatic carbocycles. The lowest BCUT2D eigenvalue weighted by Crippen LogP contribution is -2.38. The highest BCUT2D eigenvalue weighted by molar-refractivity contribution is 5.76. The molecule has 1 heterocycles. The molecule has 20 heavy (non-hydrogen) atoms. The molecule has 1 aromatic heterocycles. The lowest BCUT2D eigenvalue weighted by atomic mass is 9.95. The number of amides is 1. The Kier molecular flexibility index (Phi) is 5.17. The summed E-state index contributed by atoms with van der Waals surface area (Å²) in [6.45, 7) is 5.14. The monoisotopic (exact) mass is 278 g/mol. The van der Waals surface area contributed by atoms with Crippen LogP contribution in [0.15, 0.2) is 0 Å². The summed E-state index contributed by atoms with van der Waals surface area (Å²) in [5.74, 6) is 0.0820. The Morgan fingerprint density at radius 3 is 2.65 bits per heavy atom. The van der Waals surface area contributed by atoms with Crippen LogP contribution in [0.3, 0.4) is 0 Å². The van der Waals surface area contributed by atoms with Gasteiger partial charge in [-0.3, -0.25) is 9.48 Å². The minimum absolute atomic E-state index is 0.0820. The van der Waals surface area contributed by atoms with Gasteiger partial charge in [-0.2, -0.15) is 5.10 Å². The second kappa shape index (κ2) is 6.88. The molecule has 0 unspecified atom stereocenters. The van der Waals surface area contributed by atoms with Crippen LogP contribution in [0, 0.1) is 13.8 Å². The fourth-order valence-corrected chi connectivity index (χ4v) is 2.98. The summed E-state index contributed by atoms with van der Waals surface area (Å²) in [4.78, 5) is 12.1. The molecule has 0 radical (unpaired) electrons. The van der Waals surface area contributed by atoms with Gasteiger partial charge in [-0.05, 0) is 33.7 Å². The number of rotatable bonds is 5. The minimum Gasteiger partial charge on any atom is -0.352 e. The summed E-state index contributed by atoms with van der Waals surface area (Å²) in [6, 6.07) is 0.366. The molecule has 0 aliphatic heterocycles. The molecule has 5 heteroatoms. The van der Waals surface area contributed by atoms with Gasteiger partial charge in [-0.15, -0.1) is 0 Å². The Hall–Kier alpha value is -1.36. The van der Waals surface area contributed by atoms with Crippen molar-refractivity contribution in [1.29, 1.82) is 0 Å².